The number of ether oxygens (including phenoxy) is 1. The highest BCUT2D eigenvalue weighted by Gasteiger charge is 2.45. The number of esters is 1. The van der Waals surface area contributed by atoms with Crippen molar-refractivity contribution in [3.63, 3.8) is 0 Å². The zero-order valence-corrected chi connectivity index (χ0v) is 6.92. The molecule has 0 radical (unpaired) electrons. The number of carbonyl (C=O) groups excluding carboxylic acids is 1. The molecule has 1 atom stereocenters. The van der Waals surface area contributed by atoms with E-state index in [1.807, 2.05) is 0 Å². The topological polar surface area (TPSA) is 56.7 Å². The van der Waals surface area contributed by atoms with E-state index < -0.39 is 11.6 Å². The van der Waals surface area contributed by atoms with Gasteiger partial charge in [-0.2, -0.15) is 0 Å². The Hall–Kier alpha value is -1.08. The van der Waals surface area contributed by atoms with E-state index >= 15 is 0 Å². The number of methoxy groups -OCH3 is 1. The highest BCUT2D eigenvalue weighted by Crippen LogP contribution is 2.16. The van der Waals surface area contributed by atoms with Gasteiger partial charge in [0.2, 0.25) is 0 Å². The SMILES string of the molecule is [C-]#[N+][C@@](N)(C(=O)OC)C(C)C. The van der Waals surface area contributed by atoms with Gasteiger partial charge in [-0.25, -0.2) is 17.1 Å². The van der Waals surface area contributed by atoms with Crippen LogP contribution in [-0.4, -0.2) is 18.7 Å². The molecule has 2 N–H and O–H groups in total. The van der Waals surface area contributed by atoms with Gasteiger partial charge in [0.15, 0.2) is 0 Å². The Labute approximate surface area is 66.1 Å². The van der Waals surface area contributed by atoms with Crippen molar-refractivity contribution < 1.29 is 9.53 Å². The van der Waals surface area contributed by atoms with E-state index in [-0.39, 0.29) is 5.92 Å². The Morgan fingerprint density at radius 3 is 2.27 bits per heavy atom. The van der Waals surface area contributed by atoms with Gasteiger partial charge in [0.1, 0.15) is 0 Å². The number of carbonyl (C=O) groups is 1. The summed E-state index contributed by atoms with van der Waals surface area (Å²) < 4.78 is 4.39. The number of hydrogen-bond acceptors (Lipinski definition) is 3. The molecule has 0 aromatic rings. The number of nitrogens with zero attached hydrogens (tertiary/aromatic N) is 1. The molecule has 0 aliphatic rings. The summed E-state index contributed by atoms with van der Waals surface area (Å²) in [6.07, 6.45) is 0. The molecule has 0 saturated heterocycles. The van der Waals surface area contributed by atoms with Gasteiger partial charge in [-0.05, 0) is 0 Å². The molecule has 0 spiro atoms. The molecule has 0 amide bonds. The van der Waals surface area contributed by atoms with Crippen molar-refractivity contribution in [2.45, 2.75) is 19.5 Å². The minimum Gasteiger partial charge on any atom is -0.462 e. The Bertz CT molecular complexity index is 195. The summed E-state index contributed by atoms with van der Waals surface area (Å²) in [5.74, 6) is -0.921. The van der Waals surface area contributed by atoms with Gasteiger partial charge in [-0.15, -0.1) is 0 Å². The highest BCUT2D eigenvalue weighted by atomic mass is 16.5. The van der Waals surface area contributed by atoms with Crippen LogP contribution in [0.4, 0.5) is 0 Å². The van der Waals surface area contributed by atoms with Crippen LogP contribution in [0.15, 0.2) is 0 Å². The predicted molar refractivity (Wildman–Crippen MR) is 40.4 cm³/mol. The Morgan fingerprint density at radius 2 is 2.18 bits per heavy atom. The molecule has 4 nitrogen and oxygen atoms in total. The molecule has 0 saturated carbocycles. The van der Waals surface area contributed by atoms with Crippen molar-refractivity contribution >= 4 is 5.97 Å². The fourth-order valence-corrected chi connectivity index (χ4v) is 0.574. The second-order valence-electron chi connectivity index (χ2n) is 2.58. The largest absolute Gasteiger partial charge is 0.462 e. The number of rotatable bonds is 2. The van der Waals surface area contributed by atoms with E-state index in [1.165, 1.54) is 7.11 Å². The van der Waals surface area contributed by atoms with Crippen LogP contribution < -0.4 is 5.73 Å². The third kappa shape index (κ3) is 1.69. The minimum absolute atomic E-state index is 0.243. The van der Waals surface area contributed by atoms with E-state index in [4.69, 9.17) is 12.3 Å². The zero-order chi connectivity index (χ0) is 9.07. The standard InChI is InChI=1S/C7H12N2O2/c1-5(2)7(8,9-3)6(10)11-4/h5H,8H2,1-2,4H3/t7-/m1/s1. The van der Waals surface area contributed by atoms with Crippen LogP contribution in [0, 0.1) is 12.5 Å². The summed E-state index contributed by atoms with van der Waals surface area (Å²) in [5, 5.41) is 0. The van der Waals surface area contributed by atoms with Crippen molar-refractivity contribution in [1.82, 2.24) is 0 Å². The third-order valence-electron chi connectivity index (χ3n) is 1.58. The molecule has 0 aliphatic heterocycles. The molecule has 0 fully saturated rings. The first kappa shape index (κ1) is 9.92. The van der Waals surface area contributed by atoms with Crippen molar-refractivity contribution in [2.24, 2.45) is 11.7 Å². The molecule has 0 rings (SSSR count). The smallest absolute Gasteiger partial charge is 0.410 e. The maximum absolute atomic E-state index is 10.9. The highest BCUT2D eigenvalue weighted by molar-refractivity contribution is 5.82. The predicted octanol–water partition coefficient (Wildman–Crippen LogP) is 0.390. The van der Waals surface area contributed by atoms with Crippen LogP contribution in [0.3, 0.4) is 0 Å². The maximum Gasteiger partial charge on any atom is 0.410 e. The molecule has 62 valence electrons. The number of hydrogen-bond donors (Lipinski definition) is 1. The summed E-state index contributed by atoms with van der Waals surface area (Å²) in [4.78, 5) is 14.0. The molecule has 11 heavy (non-hydrogen) atoms. The van der Waals surface area contributed by atoms with Gasteiger partial charge in [-0.1, -0.05) is 13.8 Å². The number of nitrogens with two attached hydrogens (primary N) is 1. The lowest BCUT2D eigenvalue weighted by molar-refractivity contribution is -0.146. The minimum atomic E-state index is -1.52. The zero-order valence-electron chi connectivity index (χ0n) is 6.92. The van der Waals surface area contributed by atoms with Gasteiger partial charge < -0.3 is 4.74 Å². The normalized spacial score (nSPS) is 15.3. The lowest BCUT2D eigenvalue weighted by Gasteiger charge is -2.16. The molecule has 0 aliphatic carbocycles. The summed E-state index contributed by atoms with van der Waals surface area (Å²) in [5.41, 5.74) is 3.95. The summed E-state index contributed by atoms with van der Waals surface area (Å²) in [6.45, 7) is 10.1. The van der Waals surface area contributed by atoms with Gasteiger partial charge >= 0.3 is 11.6 Å². The van der Waals surface area contributed by atoms with E-state index in [0.717, 1.165) is 0 Å². The van der Waals surface area contributed by atoms with Crippen molar-refractivity contribution in [3.8, 4) is 0 Å². The van der Waals surface area contributed by atoms with Gasteiger partial charge in [0.25, 0.3) is 0 Å². The molecule has 0 unspecified atom stereocenters. The van der Waals surface area contributed by atoms with E-state index in [0.29, 0.717) is 0 Å². The average Bonchev–Trinajstić information content (AvgIpc) is 2.01. The molecular weight excluding hydrogens is 144 g/mol. The van der Waals surface area contributed by atoms with Crippen LogP contribution >= 0.6 is 0 Å². The van der Waals surface area contributed by atoms with E-state index in [9.17, 15) is 4.79 Å². The van der Waals surface area contributed by atoms with Gasteiger partial charge in [0.05, 0.1) is 13.0 Å². The molecule has 0 heterocycles. The molecule has 0 aromatic heterocycles. The second-order valence-corrected chi connectivity index (χ2v) is 2.58. The van der Waals surface area contributed by atoms with Crippen LogP contribution in [-0.2, 0) is 9.53 Å². The third-order valence-corrected chi connectivity index (χ3v) is 1.58. The van der Waals surface area contributed by atoms with Crippen molar-refractivity contribution in [2.75, 3.05) is 7.11 Å². The quantitative estimate of drug-likeness (QED) is 0.464. The van der Waals surface area contributed by atoms with Crippen LogP contribution in [0.2, 0.25) is 0 Å². The van der Waals surface area contributed by atoms with Gasteiger partial charge in [-0.3, -0.25) is 4.85 Å². The van der Waals surface area contributed by atoms with Crippen LogP contribution in [0.5, 0.6) is 0 Å². The van der Waals surface area contributed by atoms with Crippen LogP contribution in [0.25, 0.3) is 4.85 Å². The second kappa shape index (κ2) is 3.35. The van der Waals surface area contributed by atoms with E-state index in [1.54, 1.807) is 13.8 Å². The monoisotopic (exact) mass is 156 g/mol. The Morgan fingerprint density at radius 1 is 1.73 bits per heavy atom. The van der Waals surface area contributed by atoms with Gasteiger partial charge in [0, 0.05) is 0 Å². The lowest BCUT2D eigenvalue weighted by Crippen LogP contribution is -2.50. The first-order valence-electron chi connectivity index (χ1n) is 3.25. The fraction of sp³-hybridized carbons (Fsp3) is 0.714. The summed E-state index contributed by atoms with van der Waals surface area (Å²) >= 11 is 0. The first-order chi connectivity index (χ1) is 4.99. The van der Waals surface area contributed by atoms with E-state index in [2.05, 4.69) is 9.58 Å². The molecule has 4 heteroatoms. The molecular formula is C7H12N2O2. The first-order valence-corrected chi connectivity index (χ1v) is 3.25. The summed E-state index contributed by atoms with van der Waals surface area (Å²) in [7, 11) is 1.22. The fourth-order valence-electron chi connectivity index (χ4n) is 0.574. The average molecular weight is 156 g/mol. The summed E-state index contributed by atoms with van der Waals surface area (Å²) in [6, 6.07) is 0. The van der Waals surface area contributed by atoms with Crippen molar-refractivity contribution in [3.05, 3.63) is 11.4 Å². The lowest BCUT2D eigenvalue weighted by atomic mass is 9.98. The Kier molecular flexibility index (Phi) is 3.02. The Balaban J connectivity index is 4.64. The molecule has 0 aromatic carbocycles. The molecule has 0 bridgehead atoms. The maximum atomic E-state index is 10.9. The van der Waals surface area contributed by atoms with Crippen LogP contribution in [0.1, 0.15) is 13.8 Å². The van der Waals surface area contributed by atoms with Crippen molar-refractivity contribution in [1.29, 1.82) is 0 Å².